The number of piperazine rings is 1. The third kappa shape index (κ3) is 4.87. The lowest BCUT2D eigenvalue weighted by molar-refractivity contribution is -0.109. The molecule has 1 aliphatic rings. The summed E-state index contributed by atoms with van der Waals surface area (Å²) in [6.07, 6.45) is 4.07. The molecule has 3 rings (SSSR count). The van der Waals surface area contributed by atoms with Crippen molar-refractivity contribution in [2.45, 2.75) is 0 Å². The molecule has 0 aliphatic carbocycles. The van der Waals surface area contributed by atoms with Crippen LogP contribution in [0.1, 0.15) is 0 Å². The number of amides is 1. The SMILES string of the molecule is Cl.O=CNCCN1CCN(c2nccnc2-c2ccc(F)cc2)CC1. The van der Waals surface area contributed by atoms with E-state index < -0.39 is 0 Å². The molecule has 1 aromatic heterocycles. The molecule has 0 bridgehead atoms. The van der Waals surface area contributed by atoms with E-state index in [1.165, 1.54) is 12.1 Å². The molecule has 1 aromatic carbocycles. The maximum atomic E-state index is 13.1. The number of hydrogen-bond acceptors (Lipinski definition) is 5. The molecule has 25 heavy (non-hydrogen) atoms. The highest BCUT2D eigenvalue weighted by Gasteiger charge is 2.21. The Morgan fingerprint density at radius 1 is 1.08 bits per heavy atom. The molecule has 2 aromatic rings. The third-order valence-electron chi connectivity index (χ3n) is 4.12. The molecular weight excluding hydrogens is 345 g/mol. The predicted molar refractivity (Wildman–Crippen MR) is 97.4 cm³/mol. The average molecular weight is 366 g/mol. The van der Waals surface area contributed by atoms with Crippen molar-refractivity contribution in [2.24, 2.45) is 0 Å². The van der Waals surface area contributed by atoms with E-state index >= 15 is 0 Å². The first-order chi connectivity index (χ1) is 11.8. The topological polar surface area (TPSA) is 61.4 Å². The largest absolute Gasteiger partial charge is 0.357 e. The van der Waals surface area contributed by atoms with Gasteiger partial charge in [0.25, 0.3) is 0 Å². The summed E-state index contributed by atoms with van der Waals surface area (Å²) in [7, 11) is 0. The number of carbonyl (C=O) groups excluding carboxylic acids is 1. The fourth-order valence-electron chi connectivity index (χ4n) is 2.84. The summed E-state index contributed by atoms with van der Waals surface area (Å²) in [5.41, 5.74) is 1.63. The Balaban J connectivity index is 0.00000225. The average Bonchev–Trinajstić information content (AvgIpc) is 2.63. The maximum Gasteiger partial charge on any atom is 0.207 e. The Bertz CT molecular complexity index is 677. The van der Waals surface area contributed by atoms with Crippen LogP contribution in [-0.4, -0.2) is 60.5 Å². The molecule has 8 heteroatoms. The fourth-order valence-corrected chi connectivity index (χ4v) is 2.84. The summed E-state index contributed by atoms with van der Waals surface area (Å²) in [5, 5.41) is 2.68. The lowest BCUT2D eigenvalue weighted by Gasteiger charge is -2.35. The van der Waals surface area contributed by atoms with Crippen LogP contribution >= 0.6 is 12.4 Å². The van der Waals surface area contributed by atoms with E-state index in [1.807, 2.05) is 0 Å². The second kappa shape index (κ2) is 9.29. The summed E-state index contributed by atoms with van der Waals surface area (Å²) in [6, 6.07) is 6.33. The van der Waals surface area contributed by atoms with Crippen LogP contribution in [0, 0.1) is 5.82 Å². The van der Waals surface area contributed by atoms with Crippen molar-refractivity contribution in [1.82, 2.24) is 20.2 Å². The van der Waals surface area contributed by atoms with E-state index in [2.05, 4.69) is 25.1 Å². The van der Waals surface area contributed by atoms with Gasteiger partial charge in [-0.15, -0.1) is 12.4 Å². The zero-order valence-electron chi connectivity index (χ0n) is 13.8. The summed E-state index contributed by atoms with van der Waals surface area (Å²) in [4.78, 5) is 23.7. The Kier molecular flexibility index (Phi) is 7.09. The number of halogens is 2. The van der Waals surface area contributed by atoms with Crippen molar-refractivity contribution >= 4 is 24.6 Å². The summed E-state index contributed by atoms with van der Waals surface area (Å²) < 4.78 is 13.1. The molecule has 0 spiro atoms. The first kappa shape index (κ1) is 19.1. The molecule has 0 radical (unpaired) electrons. The van der Waals surface area contributed by atoms with Crippen LogP contribution in [0.3, 0.4) is 0 Å². The predicted octanol–water partition coefficient (Wildman–Crippen LogP) is 1.57. The molecule has 1 amide bonds. The molecule has 1 N–H and O–H groups in total. The number of anilines is 1. The van der Waals surface area contributed by atoms with E-state index in [1.54, 1.807) is 24.5 Å². The molecule has 1 aliphatic heterocycles. The second-order valence-electron chi connectivity index (χ2n) is 5.64. The highest BCUT2D eigenvalue weighted by Crippen LogP contribution is 2.27. The van der Waals surface area contributed by atoms with Crippen molar-refractivity contribution < 1.29 is 9.18 Å². The van der Waals surface area contributed by atoms with Gasteiger partial charge in [0, 0.05) is 57.2 Å². The van der Waals surface area contributed by atoms with Gasteiger partial charge in [-0.25, -0.2) is 9.37 Å². The van der Waals surface area contributed by atoms with Crippen LogP contribution in [0.15, 0.2) is 36.7 Å². The van der Waals surface area contributed by atoms with Crippen LogP contribution in [0.4, 0.5) is 10.2 Å². The zero-order valence-corrected chi connectivity index (χ0v) is 14.6. The number of hydrogen-bond donors (Lipinski definition) is 1. The molecule has 1 fully saturated rings. The normalized spacial score (nSPS) is 14.7. The van der Waals surface area contributed by atoms with Gasteiger partial charge in [-0.05, 0) is 24.3 Å². The first-order valence-electron chi connectivity index (χ1n) is 7.99. The smallest absolute Gasteiger partial charge is 0.207 e. The maximum absolute atomic E-state index is 13.1. The summed E-state index contributed by atoms with van der Waals surface area (Å²) in [6.45, 7) is 5.00. The molecule has 0 saturated carbocycles. The van der Waals surface area contributed by atoms with Gasteiger partial charge < -0.3 is 10.2 Å². The van der Waals surface area contributed by atoms with Crippen molar-refractivity contribution in [3.8, 4) is 11.3 Å². The van der Waals surface area contributed by atoms with Gasteiger partial charge in [0.15, 0.2) is 5.82 Å². The highest BCUT2D eigenvalue weighted by molar-refractivity contribution is 5.85. The number of carbonyl (C=O) groups is 1. The van der Waals surface area contributed by atoms with Crippen molar-refractivity contribution in [3.63, 3.8) is 0 Å². The molecule has 0 unspecified atom stereocenters. The molecule has 1 saturated heterocycles. The van der Waals surface area contributed by atoms with Crippen molar-refractivity contribution in [3.05, 3.63) is 42.5 Å². The molecule has 6 nitrogen and oxygen atoms in total. The number of nitrogens with one attached hydrogen (secondary N) is 1. The van der Waals surface area contributed by atoms with Gasteiger partial charge in [0.05, 0.1) is 0 Å². The minimum atomic E-state index is -0.262. The van der Waals surface area contributed by atoms with Gasteiger partial charge in [0.2, 0.25) is 6.41 Å². The summed E-state index contributed by atoms with van der Waals surface area (Å²) in [5.74, 6) is 0.566. The van der Waals surface area contributed by atoms with Gasteiger partial charge in [0.1, 0.15) is 11.5 Å². The number of benzene rings is 1. The first-order valence-corrected chi connectivity index (χ1v) is 7.99. The minimum Gasteiger partial charge on any atom is -0.357 e. The Morgan fingerprint density at radius 2 is 1.76 bits per heavy atom. The van der Waals surface area contributed by atoms with Crippen LogP contribution in [0.25, 0.3) is 11.3 Å². The van der Waals surface area contributed by atoms with E-state index in [4.69, 9.17) is 0 Å². The molecular formula is C17H21ClFN5O. The van der Waals surface area contributed by atoms with Gasteiger partial charge >= 0.3 is 0 Å². The van der Waals surface area contributed by atoms with Gasteiger partial charge in [-0.3, -0.25) is 14.7 Å². The molecule has 134 valence electrons. The van der Waals surface area contributed by atoms with Crippen molar-refractivity contribution in [2.75, 3.05) is 44.2 Å². The Morgan fingerprint density at radius 3 is 2.44 bits per heavy atom. The lowest BCUT2D eigenvalue weighted by Crippen LogP contribution is -2.48. The summed E-state index contributed by atoms with van der Waals surface area (Å²) >= 11 is 0. The quantitative estimate of drug-likeness (QED) is 0.622. The van der Waals surface area contributed by atoms with E-state index in [0.717, 1.165) is 56.2 Å². The van der Waals surface area contributed by atoms with Crippen LogP contribution in [-0.2, 0) is 4.79 Å². The van der Waals surface area contributed by atoms with Gasteiger partial charge in [-0.1, -0.05) is 0 Å². The van der Waals surface area contributed by atoms with Crippen molar-refractivity contribution in [1.29, 1.82) is 0 Å². The van der Waals surface area contributed by atoms with Crippen LogP contribution in [0.2, 0.25) is 0 Å². The van der Waals surface area contributed by atoms with Crippen LogP contribution < -0.4 is 10.2 Å². The molecule has 2 heterocycles. The number of nitrogens with zero attached hydrogens (tertiary/aromatic N) is 4. The highest BCUT2D eigenvalue weighted by atomic mass is 35.5. The zero-order chi connectivity index (χ0) is 16.8. The fraction of sp³-hybridized carbons (Fsp3) is 0.353. The van der Waals surface area contributed by atoms with Crippen LogP contribution in [0.5, 0.6) is 0 Å². The second-order valence-corrected chi connectivity index (χ2v) is 5.64. The monoisotopic (exact) mass is 365 g/mol. The number of aromatic nitrogens is 2. The standard InChI is InChI=1S/C17H20FN5O.ClH/c18-15-3-1-14(2-4-15)16-17(21-6-5-20-16)23-11-9-22(10-12-23)8-7-19-13-24;/h1-6,13H,7-12H2,(H,19,24);1H. The van der Waals surface area contributed by atoms with E-state index in [0.29, 0.717) is 6.54 Å². The van der Waals surface area contributed by atoms with Gasteiger partial charge in [-0.2, -0.15) is 0 Å². The van der Waals surface area contributed by atoms with E-state index in [-0.39, 0.29) is 18.2 Å². The lowest BCUT2D eigenvalue weighted by atomic mass is 10.1. The Labute approximate surface area is 152 Å². The van der Waals surface area contributed by atoms with E-state index in [9.17, 15) is 9.18 Å². The Hall–Kier alpha value is -2.25. The third-order valence-corrected chi connectivity index (χ3v) is 4.12. The number of rotatable bonds is 6. The molecule has 0 atom stereocenters. The minimum absolute atomic E-state index is 0.